The molecule has 0 bridgehead atoms. The van der Waals surface area contributed by atoms with Gasteiger partial charge in [-0.1, -0.05) is 0 Å². The first kappa shape index (κ1) is 19.7. The van der Waals surface area contributed by atoms with E-state index < -0.39 is 17.6 Å². The van der Waals surface area contributed by atoms with Crippen molar-refractivity contribution in [3.05, 3.63) is 53.9 Å². The van der Waals surface area contributed by atoms with Crippen LogP contribution >= 0.6 is 0 Å². The molecule has 0 unspecified atom stereocenters. The first-order valence-electron chi connectivity index (χ1n) is 8.69. The summed E-state index contributed by atoms with van der Waals surface area (Å²) in [5.41, 5.74) is 0.474. The van der Waals surface area contributed by atoms with Crippen molar-refractivity contribution in [2.45, 2.75) is 13.1 Å². The van der Waals surface area contributed by atoms with Crippen molar-refractivity contribution < 1.29 is 22.8 Å². The first-order valence-corrected chi connectivity index (χ1v) is 8.69. The zero-order valence-corrected chi connectivity index (χ0v) is 15.2. The van der Waals surface area contributed by atoms with Crippen LogP contribution < -0.4 is 10.2 Å². The minimum atomic E-state index is -4.42. The average Bonchev–Trinajstić information content (AvgIpc) is 2.68. The summed E-state index contributed by atoms with van der Waals surface area (Å²) in [6.45, 7) is 4.16. The van der Waals surface area contributed by atoms with Crippen LogP contribution in [0, 0.1) is 0 Å². The summed E-state index contributed by atoms with van der Waals surface area (Å²) in [6.07, 6.45) is -2.85. The highest BCUT2D eigenvalue weighted by Gasteiger charge is 2.30. The second-order valence-corrected chi connectivity index (χ2v) is 6.42. The lowest BCUT2D eigenvalue weighted by Gasteiger charge is -2.35. The van der Waals surface area contributed by atoms with Crippen molar-refractivity contribution in [1.29, 1.82) is 0 Å². The number of aromatic nitrogens is 1. The number of carbonyl (C=O) groups is 2. The van der Waals surface area contributed by atoms with E-state index in [4.69, 9.17) is 0 Å². The predicted molar refractivity (Wildman–Crippen MR) is 98.1 cm³/mol. The van der Waals surface area contributed by atoms with Gasteiger partial charge in [0, 0.05) is 38.8 Å². The molecule has 1 fully saturated rings. The Balaban J connectivity index is 1.60. The van der Waals surface area contributed by atoms with Crippen LogP contribution in [0.25, 0.3) is 0 Å². The molecule has 2 aromatic rings. The van der Waals surface area contributed by atoms with Gasteiger partial charge in [-0.15, -0.1) is 0 Å². The largest absolute Gasteiger partial charge is 0.416 e. The molecular formula is C19H19F3N4O2. The first-order chi connectivity index (χ1) is 13.2. The monoisotopic (exact) mass is 392 g/mol. The lowest BCUT2D eigenvalue weighted by atomic mass is 10.2. The molecule has 9 heteroatoms. The molecule has 0 saturated carbocycles. The highest BCUT2D eigenvalue weighted by Crippen LogP contribution is 2.29. The Hall–Kier alpha value is -3.10. The van der Waals surface area contributed by atoms with E-state index in [0.29, 0.717) is 26.2 Å². The second kappa shape index (κ2) is 7.87. The van der Waals surface area contributed by atoms with Crippen LogP contribution in [0.4, 0.5) is 24.5 Å². The van der Waals surface area contributed by atoms with Gasteiger partial charge in [0.15, 0.2) is 0 Å². The fraction of sp³-hybridized carbons (Fsp3) is 0.316. The van der Waals surface area contributed by atoms with Crippen molar-refractivity contribution in [2.75, 3.05) is 36.4 Å². The van der Waals surface area contributed by atoms with E-state index in [1.807, 2.05) is 0 Å². The van der Waals surface area contributed by atoms with Crippen LogP contribution in [0.2, 0.25) is 0 Å². The topological polar surface area (TPSA) is 65.5 Å². The molecule has 1 aromatic carbocycles. The fourth-order valence-corrected chi connectivity index (χ4v) is 2.92. The minimum Gasteiger partial charge on any atom is -0.367 e. The van der Waals surface area contributed by atoms with Gasteiger partial charge in [-0.25, -0.2) is 4.98 Å². The Morgan fingerprint density at radius 2 is 1.64 bits per heavy atom. The number of amides is 2. The third-order valence-electron chi connectivity index (χ3n) is 4.54. The number of hydrogen-bond donors (Lipinski definition) is 1. The number of nitrogens with zero attached hydrogens (tertiary/aromatic N) is 3. The van der Waals surface area contributed by atoms with Crippen molar-refractivity contribution in [3.63, 3.8) is 0 Å². The zero-order valence-electron chi connectivity index (χ0n) is 15.2. The Morgan fingerprint density at radius 3 is 2.14 bits per heavy atom. The number of alkyl halides is 3. The molecule has 0 aliphatic carbocycles. The molecular weight excluding hydrogens is 373 g/mol. The fourth-order valence-electron chi connectivity index (χ4n) is 2.92. The SMILES string of the molecule is CC(=O)N1CCN(c2ccc(C(=O)Nc3ccc(C(F)(F)F)cc3)nc2)CC1. The van der Waals surface area contributed by atoms with Gasteiger partial charge in [0.1, 0.15) is 5.69 Å². The van der Waals surface area contributed by atoms with Gasteiger partial charge in [-0.05, 0) is 36.4 Å². The molecule has 1 saturated heterocycles. The van der Waals surface area contributed by atoms with E-state index in [1.54, 1.807) is 30.2 Å². The number of carbonyl (C=O) groups excluding carboxylic acids is 2. The molecule has 0 radical (unpaired) electrons. The van der Waals surface area contributed by atoms with Crippen molar-refractivity contribution >= 4 is 23.2 Å². The Kier molecular flexibility index (Phi) is 5.53. The maximum absolute atomic E-state index is 12.6. The number of halogens is 3. The molecule has 1 aliphatic rings. The summed E-state index contributed by atoms with van der Waals surface area (Å²) >= 11 is 0. The van der Waals surface area contributed by atoms with Gasteiger partial charge in [0.05, 0.1) is 17.4 Å². The van der Waals surface area contributed by atoms with E-state index in [0.717, 1.165) is 17.8 Å². The van der Waals surface area contributed by atoms with Crippen LogP contribution in [0.1, 0.15) is 23.0 Å². The van der Waals surface area contributed by atoms with Gasteiger partial charge >= 0.3 is 6.18 Å². The van der Waals surface area contributed by atoms with Gasteiger partial charge in [0.25, 0.3) is 5.91 Å². The van der Waals surface area contributed by atoms with Gasteiger partial charge in [-0.2, -0.15) is 13.2 Å². The van der Waals surface area contributed by atoms with E-state index >= 15 is 0 Å². The number of nitrogens with one attached hydrogen (secondary N) is 1. The number of hydrogen-bond acceptors (Lipinski definition) is 4. The average molecular weight is 392 g/mol. The summed E-state index contributed by atoms with van der Waals surface area (Å²) in [6, 6.07) is 7.54. The highest BCUT2D eigenvalue weighted by molar-refractivity contribution is 6.02. The van der Waals surface area contributed by atoms with Gasteiger partial charge in [-0.3, -0.25) is 9.59 Å². The third kappa shape index (κ3) is 4.59. The van der Waals surface area contributed by atoms with E-state index in [9.17, 15) is 22.8 Å². The van der Waals surface area contributed by atoms with Crippen LogP contribution in [0.3, 0.4) is 0 Å². The summed E-state index contributed by atoms with van der Waals surface area (Å²) in [5, 5.41) is 2.53. The van der Waals surface area contributed by atoms with Gasteiger partial charge in [0.2, 0.25) is 5.91 Å². The normalized spacial score (nSPS) is 14.7. The standard InChI is InChI=1S/C19H19F3N4O2/c1-13(27)25-8-10-26(11-9-25)16-6-7-17(23-12-16)18(28)24-15-4-2-14(3-5-15)19(20,21)22/h2-7,12H,8-11H2,1H3,(H,24,28). The maximum atomic E-state index is 12.6. The molecule has 0 spiro atoms. The third-order valence-corrected chi connectivity index (χ3v) is 4.54. The number of anilines is 2. The number of rotatable bonds is 3. The van der Waals surface area contributed by atoms with Crippen LogP contribution in [-0.2, 0) is 11.0 Å². The van der Waals surface area contributed by atoms with E-state index in [-0.39, 0.29) is 17.3 Å². The van der Waals surface area contributed by atoms with Gasteiger partial charge < -0.3 is 15.1 Å². The zero-order chi connectivity index (χ0) is 20.3. The molecule has 1 N–H and O–H groups in total. The van der Waals surface area contributed by atoms with Crippen LogP contribution in [0.15, 0.2) is 42.6 Å². The van der Waals surface area contributed by atoms with Crippen molar-refractivity contribution in [3.8, 4) is 0 Å². The van der Waals surface area contributed by atoms with Crippen molar-refractivity contribution in [1.82, 2.24) is 9.88 Å². The van der Waals surface area contributed by atoms with Crippen molar-refractivity contribution in [2.24, 2.45) is 0 Å². The molecule has 0 atom stereocenters. The maximum Gasteiger partial charge on any atom is 0.416 e. The number of benzene rings is 1. The minimum absolute atomic E-state index is 0.0491. The predicted octanol–water partition coefficient (Wildman–Crippen LogP) is 3.02. The summed E-state index contributed by atoms with van der Waals surface area (Å²) in [7, 11) is 0. The van der Waals surface area contributed by atoms with Crippen LogP contribution in [-0.4, -0.2) is 47.9 Å². The number of pyridine rings is 1. The molecule has 28 heavy (non-hydrogen) atoms. The Labute approximate surface area is 160 Å². The molecule has 1 aromatic heterocycles. The van der Waals surface area contributed by atoms with Crippen LogP contribution in [0.5, 0.6) is 0 Å². The molecule has 148 valence electrons. The quantitative estimate of drug-likeness (QED) is 0.872. The lowest BCUT2D eigenvalue weighted by molar-refractivity contribution is -0.137. The Morgan fingerprint density at radius 1 is 1.00 bits per heavy atom. The van der Waals surface area contributed by atoms with E-state index in [1.165, 1.54) is 12.1 Å². The Bertz CT molecular complexity index is 843. The summed E-state index contributed by atoms with van der Waals surface area (Å²) in [4.78, 5) is 31.6. The lowest BCUT2D eigenvalue weighted by Crippen LogP contribution is -2.48. The number of piperazine rings is 1. The summed E-state index contributed by atoms with van der Waals surface area (Å²) in [5.74, 6) is -0.458. The van der Waals surface area contributed by atoms with E-state index in [2.05, 4.69) is 15.2 Å². The molecule has 2 amide bonds. The molecule has 6 nitrogen and oxygen atoms in total. The second-order valence-electron chi connectivity index (χ2n) is 6.42. The summed E-state index contributed by atoms with van der Waals surface area (Å²) < 4.78 is 37.7. The molecule has 1 aliphatic heterocycles. The molecule has 3 rings (SSSR count). The smallest absolute Gasteiger partial charge is 0.367 e. The highest BCUT2D eigenvalue weighted by atomic mass is 19.4. The molecule has 2 heterocycles.